The largest absolute Gasteiger partial charge is 0.478 e. The van der Waals surface area contributed by atoms with Crippen LogP contribution in [0.1, 0.15) is 15.9 Å². The standard InChI is InChI=1S/C11H14N2O6S/c1-7-8(10(14)15)3-2-4-9(7)20(17,18)13-5-6-19-11(12)16/h2-4,13H,5-6H2,1H3,(H2,12,16)(H,14,15). The van der Waals surface area contributed by atoms with Crippen LogP contribution in [-0.2, 0) is 14.8 Å². The van der Waals surface area contributed by atoms with Gasteiger partial charge in [0.2, 0.25) is 10.0 Å². The molecule has 1 aromatic carbocycles. The molecule has 8 nitrogen and oxygen atoms in total. The number of hydrogen-bond acceptors (Lipinski definition) is 5. The molecule has 0 saturated carbocycles. The molecule has 110 valence electrons. The molecule has 1 rings (SSSR count). The summed E-state index contributed by atoms with van der Waals surface area (Å²) >= 11 is 0. The van der Waals surface area contributed by atoms with E-state index >= 15 is 0 Å². The maximum Gasteiger partial charge on any atom is 0.404 e. The molecule has 0 aromatic heterocycles. The normalized spacial score (nSPS) is 11.1. The molecule has 0 aliphatic heterocycles. The van der Waals surface area contributed by atoms with Crippen LogP contribution in [0.4, 0.5) is 4.79 Å². The van der Waals surface area contributed by atoms with Gasteiger partial charge >= 0.3 is 12.1 Å². The number of aromatic carboxylic acids is 1. The first-order chi connectivity index (χ1) is 9.25. The highest BCUT2D eigenvalue weighted by atomic mass is 32.2. The van der Waals surface area contributed by atoms with Crippen LogP contribution in [0.3, 0.4) is 0 Å². The Morgan fingerprint density at radius 2 is 2.05 bits per heavy atom. The number of nitrogens with two attached hydrogens (primary N) is 1. The minimum absolute atomic E-state index is 0.0961. The Hall–Kier alpha value is -2.13. The molecule has 0 radical (unpaired) electrons. The van der Waals surface area contributed by atoms with E-state index in [0.717, 1.165) is 0 Å². The van der Waals surface area contributed by atoms with Crippen molar-refractivity contribution in [2.75, 3.05) is 13.2 Å². The summed E-state index contributed by atoms with van der Waals surface area (Å²) in [5.41, 5.74) is 4.76. The zero-order valence-corrected chi connectivity index (χ0v) is 11.4. The SMILES string of the molecule is Cc1c(C(=O)O)cccc1S(=O)(=O)NCCOC(N)=O. The van der Waals surface area contributed by atoms with Gasteiger partial charge in [-0.3, -0.25) is 0 Å². The van der Waals surface area contributed by atoms with Crippen molar-refractivity contribution >= 4 is 22.1 Å². The number of amides is 1. The van der Waals surface area contributed by atoms with Gasteiger partial charge < -0.3 is 15.6 Å². The molecule has 0 bridgehead atoms. The number of rotatable bonds is 6. The van der Waals surface area contributed by atoms with E-state index in [0.29, 0.717) is 0 Å². The van der Waals surface area contributed by atoms with E-state index in [1.807, 2.05) is 0 Å². The van der Waals surface area contributed by atoms with Gasteiger partial charge in [0, 0.05) is 6.54 Å². The maximum absolute atomic E-state index is 12.0. The number of benzene rings is 1. The van der Waals surface area contributed by atoms with E-state index in [4.69, 9.17) is 10.8 Å². The molecule has 0 spiro atoms. The number of nitrogens with one attached hydrogen (secondary N) is 1. The van der Waals surface area contributed by atoms with E-state index in [2.05, 4.69) is 9.46 Å². The molecule has 0 aliphatic rings. The number of carbonyl (C=O) groups excluding carboxylic acids is 1. The molecule has 0 saturated heterocycles. The summed E-state index contributed by atoms with van der Waals surface area (Å²) in [4.78, 5) is 21.1. The number of hydrogen-bond donors (Lipinski definition) is 3. The van der Waals surface area contributed by atoms with Gasteiger partial charge in [-0.1, -0.05) is 6.07 Å². The minimum atomic E-state index is -3.89. The Balaban J connectivity index is 2.90. The summed E-state index contributed by atoms with van der Waals surface area (Å²) in [5, 5.41) is 8.94. The topological polar surface area (TPSA) is 136 Å². The van der Waals surface area contributed by atoms with Gasteiger partial charge in [-0.15, -0.1) is 0 Å². The lowest BCUT2D eigenvalue weighted by atomic mass is 10.1. The molecular weight excluding hydrogens is 288 g/mol. The Morgan fingerprint density at radius 1 is 1.40 bits per heavy atom. The van der Waals surface area contributed by atoms with Crippen LogP contribution in [-0.4, -0.2) is 38.7 Å². The summed E-state index contributed by atoms with van der Waals surface area (Å²) in [5.74, 6) is -1.21. The van der Waals surface area contributed by atoms with E-state index in [-0.39, 0.29) is 29.2 Å². The van der Waals surface area contributed by atoms with Crippen LogP contribution in [0.15, 0.2) is 23.1 Å². The van der Waals surface area contributed by atoms with Crippen LogP contribution in [0.2, 0.25) is 0 Å². The predicted octanol–water partition coefficient (Wildman–Crippen LogP) is 0.0668. The summed E-state index contributed by atoms with van der Waals surface area (Å²) in [6, 6.07) is 3.94. The number of carboxylic acid groups (broad SMARTS) is 1. The minimum Gasteiger partial charge on any atom is -0.478 e. The third-order valence-corrected chi connectivity index (χ3v) is 4.05. The summed E-state index contributed by atoms with van der Waals surface area (Å²) in [6.07, 6.45) is -1.01. The van der Waals surface area contributed by atoms with Crippen molar-refractivity contribution in [3.8, 4) is 0 Å². The van der Waals surface area contributed by atoms with Gasteiger partial charge in [-0.2, -0.15) is 0 Å². The summed E-state index contributed by atoms with van der Waals surface area (Å²) in [7, 11) is -3.89. The Labute approximate surface area is 115 Å². The summed E-state index contributed by atoms with van der Waals surface area (Å²) < 4.78 is 30.6. The molecule has 0 atom stereocenters. The molecule has 4 N–H and O–H groups in total. The smallest absolute Gasteiger partial charge is 0.404 e. The average molecular weight is 302 g/mol. The second kappa shape index (κ2) is 6.35. The summed E-state index contributed by atoms with van der Waals surface area (Å²) in [6.45, 7) is 1.02. The average Bonchev–Trinajstić information content (AvgIpc) is 2.34. The number of carbonyl (C=O) groups is 2. The fourth-order valence-electron chi connectivity index (χ4n) is 1.54. The van der Waals surface area contributed by atoms with Crippen LogP contribution in [0.5, 0.6) is 0 Å². The fourth-order valence-corrected chi connectivity index (χ4v) is 2.82. The predicted molar refractivity (Wildman–Crippen MR) is 68.9 cm³/mol. The first-order valence-corrected chi connectivity index (χ1v) is 6.99. The first kappa shape index (κ1) is 15.9. The highest BCUT2D eigenvalue weighted by molar-refractivity contribution is 7.89. The fraction of sp³-hybridized carbons (Fsp3) is 0.273. The van der Waals surface area contributed by atoms with Crippen molar-refractivity contribution in [3.63, 3.8) is 0 Å². The molecule has 0 unspecified atom stereocenters. The third-order valence-electron chi connectivity index (χ3n) is 2.44. The second-order valence-electron chi connectivity index (χ2n) is 3.80. The first-order valence-electron chi connectivity index (χ1n) is 5.50. The van der Waals surface area contributed by atoms with Crippen molar-refractivity contribution < 1.29 is 27.9 Å². The van der Waals surface area contributed by atoms with Crippen LogP contribution in [0.25, 0.3) is 0 Å². The maximum atomic E-state index is 12.0. The Kier molecular flexibility index (Phi) is 5.06. The van der Waals surface area contributed by atoms with Gasteiger partial charge in [-0.25, -0.2) is 22.7 Å². The molecule has 1 amide bonds. The molecule has 0 aliphatic carbocycles. The number of sulfonamides is 1. The number of ether oxygens (including phenoxy) is 1. The van der Waals surface area contributed by atoms with Crippen molar-refractivity contribution in [1.29, 1.82) is 0 Å². The number of carboxylic acids is 1. The van der Waals surface area contributed by atoms with Gasteiger partial charge in [0.1, 0.15) is 6.61 Å². The van der Waals surface area contributed by atoms with Gasteiger partial charge in [0.15, 0.2) is 0 Å². The van der Waals surface area contributed by atoms with Gasteiger partial charge in [0.05, 0.1) is 10.5 Å². The lowest BCUT2D eigenvalue weighted by Gasteiger charge is -2.10. The van der Waals surface area contributed by atoms with E-state index in [1.54, 1.807) is 0 Å². The van der Waals surface area contributed by atoms with Crippen molar-refractivity contribution in [2.45, 2.75) is 11.8 Å². The highest BCUT2D eigenvalue weighted by Crippen LogP contribution is 2.18. The lowest BCUT2D eigenvalue weighted by molar-refractivity contribution is 0.0695. The molecule has 9 heteroatoms. The van der Waals surface area contributed by atoms with E-state index in [1.165, 1.54) is 25.1 Å². The van der Waals surface area contributed by atoms with Crippen LogP contribution >= 0.6 is 0 Å². The second-order valence-corrected chi connectivity index (χ2v) is 5.53. The zero-order valence-electron chi connectivity index (χ0n) is 10.6. The van der Waals surface area contributed by atoms with E-state index in [9.17, 15) is 18.0 Å². The molecule has 0 heterocycles. The van der Waals surface area contributed by atoms with Crippen molar-refractivity contribution in [3.05, 3.63) is 29.3 Å². The van der Waals surface area contributed by atoms with Crippen molar-refractivity contribution in [1.82, 2.24) is 4.72 Å². The lowest BCUT2D eigenvalue weighted by Crippen LogP contribution is -2.29. The molecule has 0 fully saturated rings. The Morgan fingerprint density at radius 3 is 2.60 bits per heavy atom. The number of primary amides is 1. The monoisotopic (exact) mass is 302 g/mol. The quantitative estimate of drug-likeness (QED) is 0.636. The molecule has 20 heavy (non-hydrogen) atoms. The Bertz CT molecular complexity index is 626. The molecular formula is C11H14N2O6S. The van der Waals surface area contributed by atoms with Crippen LogP contribution < -0.4 is 10.5 Å². The van der Waals surface area contributed by atoms with Crippen LogP contribution in [0, 0.1) is 6.92 Å². The highest BCUT2D eigenvalue weighted by Gasteiger charge is 2.20. The molecule has 1 aromatic rings. The van der Waals surface area contributed by atoms with E-state index < -0.39 is 22.1 Å². The van der Waals surface area contributed by atoms with Crippen molar-refractivity contribution in [2.24, 2.45) is 5.73 Å². The zero-order chi connectivity index (χ0) is 15.3. The van der Waals surface area contributed by atoms with Gasteiger partial charge in [0.25, 0.3) is 0 Å². The third kappa shape index (κ3) is 3.93. The van der Waals surface area contributed by atoms with Gasteiger partial charge in [-0.05, 0) is 24.6 Å².